The van der Waals surface area contributed by atoms with Crippen LogP contribution in [0.2, 0.25) is 0 Å². The molecule has 0 saturated carbocycles. The van der Waals surface area contributed by atoms with Crippen LogP contribution in [-0.4, -0.2) is 78.8 Å². The van der Waals surface area contributed by atoms with Crippen LogP contribution in [0.15, 0.2) is 60.7 Å². The highest BCUT2D eigenvalue weighted by Gasteiger charge is 2.22. The van der Waals surface area contributed by atoms with E-state index in [0.29, 0.717) is 5.92 Å². The van der Waals surface area contributed by atoms with Crippen LogP contribution in [0.25, 0.3) is 0 Å². The monoisotopic (exact) mass is 381 g/mol. The largest absolute Gasteiger partial charge is 0.392 e. The Balaban J connectivity index is 1.59. The molecule has 3 rings (SSSR count). The summed E-state index contributed by atoms with van der Waals surface area (Å²) >= 11 is 0. The number of nitrogens with zero attached hydrogens (tertiary/aromatic N) is 3. The van der Waals surface area contributed by atoms with E-state index in [9.17, 15) is 5.11 Å². The lowest BCUT2D eigenvalue weighted by atomic mass is 9.97. The molecule has 1 aliphatic rings. The minimum absolute atomic E-state index is 0.241. The van der Waals surface area contributed by atoms with Gasteiger partial charge in [0.2, 0.25) is 0 Å². The molecule has 0 aliphatic carbocycles. The third-order valence-corrected chi connectivity index (χ3v) is 5.56. The van der Waals surface area contributed by atoms with Gasteiger partial charge in [-0.3, -0.25) is 4.90 Å². The Kier molecular flexibility index (Phi) is 8.04. The van der Waals surface area contributed by atoms with Crippen molar-refractivity contribution in [2.24, 2.45) is 0 Å². The van der Waals surface area contributed by atoms with Crippen molar-refractivity contribution in [3.63, 3.8) is 0 Å². The van der Waals surface area contributed by atoms with Crippen LogP contribution in [0.4, 0.5) is 0 Å². The van der Waals surface area contributed by atoms with E-state index in [-0.39, 0.29) is 6.10 Å². The fourth-order valence-corrected chi connectivity index (χ4v) is 4.17. The maximum atomic E-state index is 9.62. The molecule has 0 amide bonds. The van der Waals surface area contributed by atoms with Gasteiger partial charge in [-0.05, 0) is 25.1 Å². The molecule has 0 radical (unpaired) electrons. The minimum atomic E-state index is -0.241. The number of hydrogen-bond acceptors (Lipinski definition) is 4. The van der Waals surface area contributed by atoms with Gasteiger partial charge < -0.3 is 14.9 Å². The van der Waals surface area contributed by atoms with Gasteiger partial charge in [0, 0.05) is 58.3 Å². The van der Waals surface area contributed by atoms with Gasteiger partial charge in [-0.25, -0.2) is 0 Å². The first kappa shape index (κ1) is 21.0. The molecule has 1 N–H and O–H groups in total. The predicted octanol–water partition coefficient (Wildman–Crippen LogP) is 2.90. The summed E-state index contributed by atoms with van der Waals surface area (Å²) in [5.41, 5.74) is 2.79. The maximum absolute atomic E-state index is 9.62. The van der Waals surface area contributed by atoms with Crippen LogP contribution >= 0.6 is 0 Å². The van der Waals surface area contributed by atoms with E-state index >= 15 is 0 Å². The molecule has 1 saturated heterocycles. The zero-order valence-electron chi connectivity index (χ0n) is 17.4. The van der Waals surface area contributed by atoms with E-state index in [1.807, 2.05) is 6.92 Å². The Morgan fingerprint density at radius 1 is 0.857 bits per heavy atom. The lowest BCUT2D eigenvalue weighted by molar-refractivity contribution is 0.0765. The summed E-state index contributed by atoms with van der Waals surface area (Å²) in [7, 11) is 2.23. The topological polar surface area (TPSA) is 30.0 Å². The highest BCUT2D eigenvalue weighted by atomic mass is 16.3. The average Bonchev–Trinajstić information content (AvgIpc) is 2.70. The molecule has 4 heteroatoms. The van der Waals surface area contributed by atoms with Crippen molar-refractivity contribution < 1.29 is 5.11 Å². The Morgan fingerprint density at radius 2 is 1.39 bits per heavy atom. The second-order valence-corrected chi connectivity index (χ2v) is 8.24. The third-order valence-electron chi connectivity index (χ3n) is 5.56. The van der Waals surface area contributed by atoms with E-state index in [1.54, 1.807) is 0 Å². The fourth-order valence-electron chi connectivity index (χ4n) is 4.17. The summed E-state index contributed by atoms with van der Waals surface area (Å²) in [5.74, 6) is 0.498. The van der Waals surface area contributed by atoms with Crippen molar-refractivity contribution in [1.29, 1.82) is 0 Å². The van der Waals surface area contributed by atoms with Gasteiger partial charge in [0.15, 0.2) is 0 Å². The number of β-amino-alcohol motifs (C(OH)–C–C–N with tert-alkyl or cyclic N) is 1. The number of aliphatic hydroxyl groups excluding tert-OH is 1. The van der Waals surface area contributed by atoms with Crippen molar-refractivity contribution in [1.82, 2.24) is 14.7 Å². The minimum Gasteiger partial charge on any atom is -0.392 e. The molecule has 1 fully saturated rings. The zero-order chi connectivity index (χ0) is 19.8. The molecule has 0 bridgehead atoms. The Labute approximate surface area is 170 Å². The summed E-state index contributed by atoms with van der Waals surface area (Å²) in [4.78, 5) is 7.41. The molecule has 2 aromatic rings. The van der Waals surface area contributed by atoms with Gasteiger partial charge in [-0.15, -0.1) is 0 Å². The summed E-state index contributed by atoms with van der Waals surface area (Å²) in [6.07, 6.45) is -0.241. The van der Waals surface area contributed by atoms with Crippen LogP contribution in [0.5, 0.6) is 0 Å². The SMILES string of the molecule is CC(O)CN1CCN(CC(CN(C)Cc2ccccc2)c2ccccc2)CC1. The first-order chi connectivity index (χ1) is 13.6. The number of aliphatic hydroxyl groups is 1. The molecule has 1 heterocycles. The number of benzene rings is 2. The van der Waals surface area contributed by atoms with E-state index in [0.717, 1.165) is 52.4 Å². The second kappa shape index (κ2) is 10.7. The van der Waals surface area contributed by atoms with Gasteiger partial charge in [-0.2, -0.15) is 0 Å². The fraction of sp³-hybridized carbons (Fsp3) is 0.500. The van der Waals surface area contributed by atoms with Gasteiger partial charge in [0.25, 0.3) is 0 Å². The molecule has 152 valence electrons. The lowest BCUT2D eigenvalue weighted by Crippen LogP contribution is -2.49. The van der Waals surface area contributed by atoms with Crippen LogP contribution < -0.4 is 0 Å². The van der Waals surface area contributed by atoms with Crippen LogP contribution in [0.3, 0.4) is 0 Å². The smallest absolute Gasteiger partial charge is 0.0639 e. The van der Waals surface area contributed by atoms with E-state index in [1.165, 1.54) is 11.1 Å². The summed E-state index contributed by atoms with van der Waals surface area (Å²) in [5, 5.41) is 9.62. The predicted molar refractivity (Wildman–Crippen MR) is 117 cm³/mol. The standard InChI is InChI=1S/C24H35N3O/c1-21(28)17-26-13-15-27(16-14-26)20-24(23-11-7-4-8-12-23)19-25(2)18-22-9-5-3-6-10-22/h3-12,21,24,28H,13-20H2,1-2H3. The quantitative estimate of drug-likeness (QED) is 0.723. The molecule has 0 aromatic heterocycles. The highest BCUT2D eigenvalue weighted by molar-refractivity contribution is 5.21. The first-order valence-corrected chi connectivity index (χ1v) is 10.5. The van der Waals surface area contributed by atoms with E-state index in [2.05, 4.69) is 82.4 Å². The van der Waals surface area contributed by atoms with Crippen LogP contribution in [0.1, 0.15) is 24.0 Å². The number of hydrogen-bond donors (Lipinski definition) is 1. The number of likely N-dealkylation sites (N-methyl/N-ethyl adjacent to an activating group) is 1. The Morgan fingerprint density at radius 3 is 1.96 bits per heavy atom. The molecule has 2 aromatic carbocycles. The van der Waals surface area contributed by atoms with Gasteiger partial charge in [0.1, 0.15) is 0 Å². The summed E-state index contributed by atoms with van der Waals surface area (Å²) in [6.45, 7) is 10.0. The molecule has 2 unspecified atom stereocenters. The van der Waals surface area contributed by atoms with Crippen molar-refractivity contribution in [2.45, 2.75) is 25.5 Å². The Hall–Kier alpha value is -1.72. The summed E-state index contributed by atoms with van der Waals surface area (Å²) < 4.78 is 0. The van der Waals surface area contributed by atoms with Gasteiger partial charge in [0.05, 0.1) is 6.10 Å². The average molecular weight is 382 g/mol. The van der Waals surface area contributed by atoms with E-state index in [4.69, 9.17) is 0 Å². The molecule has 4 nitrogen and oxygen atoms in total. The lowest BCUT2D eigenvalue weighted by Gasteiger charge is -2.37. The van der Waals surface area contributed by atoms with Gasteiger partial charge in [-0.1, -0.05) is 60.7 Å². The van der Waals surface area contributed by atoms with Crippen molar-refractivity contribution >= 4 is 0 Å². The first-order valence-electron chi connectivity index (χ1n) is 10.5. The van der Waals surface area contributed by atoms with Gasteiger partial charge >= 0.3 is 0 Å². The zero-order valence-corrected chi connectivity index (χ0v) is 17.4. The second-order valence-electron chi connectivity index (χ2n) is 8.24. The Bertz CT molecular complexity index is 669. The van der Waals surface area contributed by atoms with Crippen molar-refractivity contribution in [3.8, 4) is 0 Å². The van der Waals surface area contributed by atoms with Crippen molar-refractivity contribution in [2.75, 3.05) is 52.9 Å². The molecule has 1 aliphatic heterocycles. The number of piperazine rings is 1. The maximum Gasteiger partial charge on any atom is 0.0639 e. The molecular formula is C24H35N3O. The molecule has 0 spiro atoms. The highest BCUT2D eigenvalue weighted by Crippen LogP contribution is 2.20. The molecule has 28 heavy (non-hydrogen) atoms. The molecular weight excluding hydrogens is 346 g/mol. The number of rotatable bonds is 9. The van der Waals surface area contributed by atoms with E-state index < -0.39 is 0 Å². The van der Waals surface area contributed by atoms with Crippen LogP contribution in [0, 0.1) is 0 Å². The third kappa shape index (κ3) is 6.71. The summed E-state index contributed by atoms with van der Waals surface area (Å²) in [6, 6.07) is 21.7. The normalized spacial score (nSPS) is 18.3. The van der Waals surface area contributed by atoms with Crippen molar-refractivity contribution in [3.05, 3.63) is 71.8 Å². The van der Waals surface area contributed by atoms with Crippen LogP contribution in [-0.2, 0) is 6.54 Å². The molecule has 2 atom stereocenters.